The molecular formula is C25H22NO+. The van der Waals surface area contributed by atoms with Crippen molar-refractivity contribution in [2.45, 2.75) is 20.4 Å². The average molecular weight is 352 g/mol. The van der Waals surface area contributed by atoms with Gasteiger partial charge in [-0.3, -0.25) is 4.79 Å². The molecule has 132 valence electrons. The van der Waals surface area contributed by atoms with Gasteiger partial charge in [0.2, 0.25) is 18.0 Å². The van der Waals surface area contributed by atoms with Gasteiger partial charge in [-0.05, 0) is 42.5 Å². The Balaban J connectivity index is 1.91. The van der Waals surface area contributed by atoms with Gasteiger partial charge in [-0.25, -0.2) is 0 Å². The lowest BCUT2D eigenvalue weighted by atomic mass is 9.96. The number of nitrogens with zero attached hydrogens (tertiary/aromatic N) is 1. The summed E-state index contributed by atoms with van der Waals surface area (Å²) < 4.78 is 2.08. The molecule has 0 fully saturated rings. The second kappa shape index (κ2) is 7.16. The molecular weight excluding hydrogens is 330 g/mol. The summed E-state index contributed by atoms with van der Waals surface area (Å²) in [7, 11) is 0. The molecule has 2 nitrogen and oxygen atoms in total. The number of ketones is 1. The van der Waals surface area contributed by atoms with E-state index in [9.17, 15) is 4.79 Å². The number of benzene rings is 3. The summed E-state index contributed by atoms with van der Waals surface area (Å²) in [5.74, 6) is 0.113. The van der Waals surface area contributed by atoms with Crippen molar-refractivity contribution in [3.63, 3.8) is 0 Å². The van der Waals surface area contributed by atoms with Gasteiger partial charge in [0, 0.05) is 17.2 Å². The second-order valence-corrected chi connectivity index (χ2v) is 6.92. The van der Waals surface area contributed by atoms with E-state index in [4.69, 9.17) is 0 Å². The quantitative estimate of drug-likeness (QED) is 0.361. The summed E-state index contributed by atoms with van der Waals surface area (Å²) in [6.45, 7) is 4.59. The van der Waals surface area contributed by atoms with Crippen molar-refractivity contribution in [2.75, 3.05) is 0 Å². The minimum Gasteiger partial charge on any atom is -0.287 e. The molecule has 0 aliphatic carbocycles. The lowest BCUT2D eigenvalue weighted by Crippen LogP contribution is -2.40. The van der Waals surface area contributed by atoms with Crippen molar-refractivity contribution >= 4 is 16.6 Å². The van der Waals surface area contributed by atoms with Crippen LogP contribution in [0.4, 0.5) is 0 Å². The Morgan fingerprint density at radius 2 is 1.56 bits per heavy atom. The molecule has 0 aliphatic rings. The first-order valence-corrected chi connectivity index (χ1v) is 9.21. The maximum absolute atomic E-state index is 12.9. The number of aryl methyl sites for hydroxylation is 1. The highest BCUT2D eigenvalue weighted by Crippen LogP contribution is 2.29. The van der Waals surface area contributed by atoms with Gasteiger partial charge < -0.3 is 0 Å². The zero-order valence-corrected chi connectivity index (χ0v) is 15.6. The van der Waals surface area contributed by atoms with Crippen molar-refractivity contribution in [3.05, 3.63) is 102 Å². The predicted molar refractivity (Wildman–Crippen MR) is 110 cm³/mol. The third-order valence-corrected chi connectivity index (χ3v) is 5.21. The van der Waals surface area contributed by atoms with E-state index in [0.29, 0.717) is 6.54 Å². The molecule has 0 N–H and O–H groups in total. The molecule has 0 bridgehead atoms. The highest BCUT2D eigenvalue weighted by molar-refractivity contribution is 5.96. The van der Waals surface area contributed by atoms with E-state index in [1.165, 1.54) is 22.1 Å². The third kappa shape index (κ3) is 3.26. The molecule has 3 aromatic carbocycles. The smallest absolute Gasteiger partial charge is 0.227 e. The van der Waals surface area contributed by atoms with Crippen molar-refractivity contribution in [2.24, 2.45) is 0 Å². The molecule has 27 heavy (non-hydrogen) atoms. The fourth-order valence-electron chi connectivity index (χ4n) is 3.57. The third-order valence-electron chi connectivity index (χ3n) is 5.21. The van der Waals surface area contributed by atoms with E-state index in [-0.39, 0.29) is 5.78 Å². The maximum Gasteiger partial charge on any atom is 0.227 e. The van der Waals surface area contributed by atoms with Crippen LogP contribution in [0.2, 0.25) is 0 Å². The first kappa shape index (κ1) is 17.2. The van der Waals surface area contributed by atoms with Crippen LogP contribution in [-0.4, -0.2) is 5.78 Å². The molecule has 2 heteroatoms. The normalized spacial score (nSPS) is 10.9. The average Bonchev–Trinajstić information content (AvgIpc) is 2.71. The fraction of sp³-hybridized carbons (Fsp3) is 0.120. The van der Waals surface area contributed by atoms with E-state index in [0.717, 1.165) is 16.6 Å². The van der Waals surface area contributed by atoms with E-state index in [1.54, 1.807) is 0 Å². The van der Waals surface area contributed by atoms with Crippen molar-refractivity contribution in [1.29, 1.82) is 0 Å². The van der Waals surface area contributed by atoms with Crippen LogP contribution in [0, 0.1) is 13.8 Å². The molecule has 1 heterocycles. The molecule has 0 saturated carbocycles. The topological polar surface area (TPSA) is 20.9 Å². The van der Waals surface area contributed by atoms with Gasteiger partial charge >= 0.3 is 0 Å². The summed E-state index contributed by atoms with van der Waals surface area (Å²) in [6, 6.07) is 26.3. The zero-order valence-electron chi connectivity index (χ0n) is 15.6. The second-order valence-electron chi connectivity index (χ2n) is 6.92. The number of carbonyl (C=O) groups excluding carboxylic acids is 1. The molecule has 0 amide bonds. The number of hydrogen-bond acceptors (Lipinski definition) is 1. The van der Waals surface area contributed by atoms with Crippen LogP contribution in [0.3, 0.4) is 0 Å². The summed E-state index contributed by atoms with van der Waals surface area (Å²) in [5.41, 5.74) is 5.51. The Hall–Kier alpha value is -3.26. The van der Waals surface area contributed by atoms with Crippen LogP contribution in [0.5, 0.6) is 0 Å². The number of rotatable bonds is 4. The fourth-order valence-corrected chi connectivity index (χ4v) is 3.57. The lowest BCUT2D eigenvalue weighted by Gasteiger charge is -2.11. The first-order chi connectivity index (χ1) is 13.1. The van der Waals surface area contributed by atoms with Crippen molar-refractivity contribution in [1.82, 2.24) is 0 Å². The molecule has 1 aromatic heterocycles. The molecule has 0 radical (unpaired) electrons. The highest BCUT2D eigenvalue weighted by Gasteiger charge is 2.22. The standard InChI is InChI=1S/C25H22NO/c1-18-9-8-14-22(19(18)2)25-23-13-7-6-10-20(23)15-16-26(25)17-24(27)21-11-4-3-5-12-21/h3-16H,17H2,1-2H3/q+1. The van der Waals surface area contributed by atoms with Crippen LogP contribution in [0.15, 0.2) is 85.1 Å². The number of hydrogen-bond donors (Lipinski definition) is 0. The van der Waals surface area contributed by atoms with E-state index in [2.05, 4.69) is 66.9 Å². The number of carbonyl (C=O) groups is 1. The van der Waals surface area contributed by atoms with Gasteiger partial charge in [-0.15, -0.1) is 0 Å². The van der Waals surface area contributed by atoms with E-state index >= 15 is 0 Å². The van der Waals surface area contributed by atoms with E-state index < -0.39 is 0 Å². The minimum absolute atomic E-state index is 0.113. The van der Waals surface area contributed by atoms with Crippen LogP contribution in [-0.2, 0) is 6.54 Å². The molecule has 4 rings (SSSR count). The minimum atomic E-state index is 0.113. The number of pyridine rings is 1. The maximum atomic E-state index is 12.9. The molecule has 0 saturated heterocycles. The van der Waals surface area contributed by atoms with Crippen molar-refractivity contribution < 1.29 is 9.36 Å². The Bertz CT molecular complexity index is 1130. The Kier molecular flexibility index (Phi) is 4.55. The Morgan fingerprint density at radius 3 is 2.37 bits per heavy atom. The first-order valence-electron chi connectivity index (χ1n) is 9.21. The van der Waals surface area contributed by atoms with Crippen LogP contribution in [0.25, 0.3) is 22.0 Å². The van der Waals surface area contributed by atoms with Gasteiger partial charge in [-0.2, -0.15) is 4.57 Å². The SMILES string of the molecule is Cc1cccc(-c2c3ccccc3cc[n+]2CC(=O)c2ccccc2)c1C. The van der Waals surface area contributed by atoms with Crippen molar-refractivity contribution in [3.8, 4) is 11.3 Å². The molecule has 0 unspecified atom stereocenters. The Labute approximate surface area is 159 Å². The van der Waals surface area contributed by atoms with Crippen LogP contribution in [0.1, 0.15) is 21.5 Å². The summed E-state index contributed by atoms with van der Waals surface area (Å²) in [4.78, 5) is 12.9. The monoisotopic (exact) mass is 352 g/mol. The van der Waals surface area contributed by atoms with Crippen LogP contribution < -0.4 is 4.57 Å². The lowest BCUT2D eigenvalue weighted by molar-refractivity contribution is -0.671. The molecule has 0 aliphatic heterocycles. The van der Waals surface area contributed by atoms with Gasteiger partial charge in [0.15, 0.2) is 6.20 Å². The Morgan fingerprint density at radius 1 is 0.815 bits per heavy atom. The van der Waals surface area contributed by atoms with E-state index in [1.807, 2.05) is 36.5 Å². The summed E-state index contributed by atoms with van der Waals surface area (Å²) in [5, 5.41) is 2.34. The van der Waals surface area contributed by atoms with Gasteiger partial charge in [0.1, 0.15) is 0 Å². The summed E-state index contributed by atoms with van der Waals surface area (Å²) >= 11 is 0. The number of Topliss-reactive ketones (excluding diaryl/α,β-unsaturated/α-hetero) is 1. The predicted octanol–water partition coefficient (Wildman–Crippen LogP) is 5.29. The van der Waals surface area contributed by atoms with Crippen LogP contribution >= 0.6 is 0 Å². The highest BCUT2D eigenvalue weighted by atomic mass is 16.1. The number of aromatic nitrogens is 1. The molecule has 0 atom stereocenters. The zero-order chi connectivity index (χ0) is 18.8. The van der Waals surface area contributed by atoms with Gasteiger partial charge in [0.25, 0.3) is 0 Å². The largest absolute Gasteiger partial charge is 0.287 e. The van der Waals surface area contributed by atoms with Gasteiger partial charge in [-0.1, -0.05) is 60.7 Å². The summed E-state index contributed by atoms with van der Waals surface area (Å²) in [6.07, 6.45) is 2.03. The van der Waals surface area contributed by atoms with Gasteiger partial charge in [0.05, 0.1) is 5.39 Å². The number of fused-ring (bicyclic) bond motifs is 1. The molecule has 0 spiro atoms. The molecule has 4 aromatic rings.